The fraction of sp³-hybridized carbons (Fsp3) is 0.857. The highest BCUT2D eigenvalue weighted by atomic mass is 16.4. The Balaban J connectivity index is 2.51. The number of amides is 2. The van der Waals surface area contributed by atoms with Gasteiger partial charge in [-0.1, -0.05) is 6.92 Å². The average molecular weight is 285 g/mol. The van der Waals surface area contributed by atoms with Crippen molar-refractivity contribution in [1.29, 1.82) is 0 Å². The molecule has 0 aliphatic carbocycles. The highest BCUT2D eigenvalue weighted by molar-refractivity contribution is 5.75. The van der Waals surface area contributed by atoms with Crippen LogP contribution < -0.4 is 0 Å². The summed E-state index contributed by atoms with van der Waals surface area (Å²) in [5.41, 5.74) is 0. The van der Waals surface area contributed by atoms with Crippen LogP contribution >= 0.6 is 0 Å². The van der Waals surface area contributed by atoms with Crippen LogP contribution in [0.2, 0.25) is 0 Å². The third-order valence-corrected chi connectivity index (χ3v) is 3.70. The van der Waals surface area contributed by atoms with Crippen molar-refractivity contribution in [3.63, 3.8) is 0 Å². The molecule has 0 radical (unpaired) electrons. The number of nitrogens with zero attached hydrogens (tertiary/aromatic N) is 3. The van der Waals surface area contributed by atoms with Crippen LogP contribution in [-0.4, -0.2) is 78.6 Å². The number of likely N-dealkylation sites (tertiary alicyclic amines) is 1. The Morgan fingerprint density at radius 1 is 1.15 bits per heavy atom. The van der Waals surface area contributed by atoms with Crippen molar-refractivity contribution >= 4 is 12.0 Å². The smallest absolute Gasteiger partial charge is 0.320 e. The van der Waals surface area contributed by atoms with E-state index in [9.17, 15) is 9.59 Å². The minimum atomic E-state index is -0.741. The molecule has 0 spiro atoms. The number of rotatable bonds is 6. The quantitative estimate of drug-likeness (QED) is 0.796. The molecular weight excluding hydrogens is 258 g/mol. The summed E-state index contributed by atoms with van der Waals surface area (Å²) in [5, 5.41) is 8.98. The van der Waals surface area contributed by atoms with Crippen molar-refractivity contribution in [2.75, 3.05) is 46.8 Å². The summed E-state index contributed by atoms with van der Waals surface area (Å²) >= 11 is 0. The number of carboxylic acid groups (broad SMARTS) is 1. The molecule has 1 rings (SSSR count). The van der Waals surface area contributed by atoms with E-state index >= 15 is 0 Å². The van der Waals surface area contributed by atoms with E-state index in [2.05, 4.69) is 11.8 Å². The molecule has 116 valence electrons. The number of likely N-dealkylation sites (N-methyl/N-ethyl adjacent to an activating group) is 1. The lowest BCUT2D eigenvalue weighted by Gasteiger charge is -2.35. The first-order chi connectivity index (χ1) is 9.45. The Labute approximate surface area is 121 Å². The van der Waals surface area contributed by atoms with Gasteiger partial charge in [0, 0.05) is 32.7 Å². The van der Waals surface area contributed by atoms with Gasteiger partial charge in [-0.3, -0.25) is 4.79 Å². The lowest BCUT2D eigenvalue weighted by atomic mass is 9.97. The SMILES string of the molecule is CCCN(CCN(C)C)C(=O)N1CCC(C(=O)O)CC1. The molecule has 1 fully saturated rings. The fourth-order valence-electron chi connectivity index (χ4n) is 2.41. The van der Waals surface area contributed by atoms with E-state index in [1.54, 1.807) is 4.90 Å². The Kier molecular flexibility index (Phi) is 6.78. The van der Waals surface area contributed by atoms with Crippen LogP contribution in [0.5, 0.6) is 0 Å². The largest absolute Gasteiger partial charge is 0.481 e. The molecule has 0 bridgehead atoms. The van der Waals surface area contributed by atoms with Crippen LogP contribution in [0.15, 0.2) is 0 Å². The van der Waals surface area contributed by atoms with E-state index in [4.69, 9.17) is 5.11 Å². The van der Waals surface area contributed by atoms with Gasteiger partial charge in [0.1, 0.15) is 0 Å². The third kappa shape index (κ3) is 5.00. The summed E-state index contributed by atoms with van der Waals surface area (Å²) in [5.74, 6) is -1.03. The molecule has 0 unspecified atom stereocenters. The van der Waals surface area contributed by atoms with Crippen molar-refractivity contribution in [2.24, 2.45) is 5.92 Å². The summed E-state index contributed by atoms with van der Waals surface area (Å²) in [6.45, 7) is 5.49. The summed E-state index contributed by atoms with van der Waals surface area (Å²) in [4.78, 5) is 29.1. The summed E-state index contributed by atoms with van der Waals surface area (Å²) in [6, 6.07) is 0.0533. The van der Waals surface area contributed by atoms with E-state index < -0.39 is 5.97 Å². The minimum absolute atomic E-state index is 0.0533. The predicted molar refractivity (Wildman–Crippen MR) is 77.7 cm³/mol. The molecule has 6 heteroatoms. The van der Waals surface area contributed by atoms with E-state index in [1.807, 2.05) is 19.0 Å². The fourth-order valence-corrected chi connectivity index (χ4v) is 2.41. The Hall–Kier alpha value is -1.30. The van der Waals surface area contributed by atoms with Gasteiger partial charge < -0.3 is 19.8 Å². The molecule has 0 saturated carbocycles. The van der Waals surface area contributed by atoms with Crippen LogP contribution in [-0.2, 0) is 4.79 Å². The van der Waals surface area contributed by atoms with Crippen LogP contribution in [0.1, 0.15) is 26.2 Å². The number of aliphatic carboxylic acids is 1. The van der Waals surface area contributed by atoms with Gasteiger partial charge in [-0.2, -0.15) is 0 Å². The molecule has 6 nitrogen and oxygen atoms in total. The normalized spacial score (nSPS) is 16.5. The van der Waals surface area contributed by atoms with Gasteiger partial charge in [-0.15, -0.1) is 0 Å². The highest BCUT2D eigenvalue weighted by Gasteiger charge is 2.29. The van der Waals surface area contributed by atoms with Crippen molar-refractivity contribution in [1.82, 2.24) is 14.7 Å². The van der Waals surface area contributed by atoms with E-state index in [1.165, 1.54) is 0 Å². The highest BCUT2D eigenvalue weighted by Crippen LogP contribution is 2.18. The molecule has 1 aliphatic heterocycles. The van der Waals surface area contributed by atoms with Gasteiger partial charge >= 0.3 is 12.0 Å². The van der Waals surface area contributed by atoms with Crippen LogP contribution in [0.25, 0.3) is 0 Å². The molecule has 0 atom stereocenters. The maximum Gasteiger partial charge on any atom is 0.320 e. The molecule has 20 heavy (non-hydrogen) atoms. The number of hydrogen-bond donors (Lipinski definition) is 1. The number of hydrogen-bond acceptors (Lipinski definition) is 3. The standard InChI is InChI=1S/C14H27N3O3/c1-4-7-16(11-10-15(2)3)14(20)17-8-5-12(6-9-17)13(18)19/h12H,4-11H2,1-3H3,(H,18,19). The maximum atomic E-state index is 12.5. The van der Waals surface area contributed by atoms with Gasteiger partial charge in [0.15, 0.2) is 0 Å². The van der Waals surface area contributed by atoms with Crippen molar-refractivity contribution in [2.45, 2.75) is 26.2 Å². The van der Waals surface area contributed by atoms with Gasteiger partial charge in [0.2, 0.25) is 0 Å². The minimum Gasteiger partial charge on any atom is -0.481 e. The van der Waals surface area contributed by atoms with Gasteiger partial charge in [-0.05, 0) is 33.4 Å². The lowest BCUT2D eigenvalue weighted by molar-refractivity contribution is -0.143. The summed E-state index contributed by atoms with van der Waals surface area (Å²) in [6.07, 6.45) is 2.06. The first-order valence-electron chi connectivity index (χ1n) is 7.37. The Morgan fingerprint density at radius 3 is 2.20 bits per heavy atom. The van der Waals surface area contributed by atoms with Crippen molar-refractivity contribution < 1.29 is 14.7 Å². The number of piperidine rings is 1. The summed E-state index contributed by atoms with van der Waals surface area (Å²) < 4.78 is 0. The van der Waals surface area contributed by atoms with Gasteiger partial charge in [-0.25, -0.2) is 4.79 Å². The molecular formula is C14H27N3O3. The van der Waals surface area contributed by atoms with E-state index in [0.29, 0.717) is 25.9 Å². The molecule has 1 aliphatic rings. The molecule has 1 saturated heterocycles. The second-order valence-electron chi connectivity index (χ2n) is 5.67. The lowest BCUT2D eigenvalue weighted by Crippen LogP contribution is -2.49. The number of carbonyl (C=O) groups is 2. The Bertz CT molecular complexity index is 326. The molecule has 0 aromatic carbocycles. The van der Waals surface area contributed by atoms with Gasteiger partial charge in [0.05, 0.1) is 5.92 Å². The Morgan fingerprint density at radius 2 is 1.75 bits per heavy atom. The predicted octanol–water partition coefficient (Wildman–Crippen LogP) is 1.18. The van der Waals surface area contributed by atoms with Crippen LogP contribution in [0.4, 0.5) is 4.79 Å². The molecule has 2 amide bonds. The monoisotopic (exact) mass is 285 g/mol. The van der Waals surface area contributed by atoms with Crippen molar-refractivity contribution in [3.05, 3.63) is 0 Å². The van der Waals surface area contributed by atoms with Crippen LogP contribution in [0, 0.1) is 5.92 Å². The zero-order valence-electron chi connectivity index (χ0n) is 12.8. The third-order valence-electron chi connectivity index (χ3n) is 3.70. The topological polar surface area (TPSA) is 64.1 Å². The molecule has 1 N–H and O–H groups in total. The zero-order chi connectivity index (χ0) is 15.1. The van der Waals surface area contributed by atoms with E-state index in [-0.39, 0.29) is 11.9 Å². The number of urea groups is 1. The number of carboxylic acids is 1. The first-order valence-corrected chi connectivity index (χ1v) is 7.37. The average Bonchev–Trinajstić information content (AvgIpc) is 2.42. The maximum absolute atomic E-state index is 12.5. The molecule has 0 aromatic heterocycles. The first kappa shape index (κ1) is 16.8. The van der Waals surface area contributed by atoms with Crippen molar-refractivity contribution in [3.8, 4) is 0 Å². The zero-order valence-corrected chi connectivity index (χ0v) is 12.8. The van der Waals surface area contributed by atoms with Crippen LogP contribution in [0.3, 0.4) is 0 Å². The molecule has 0 aromatic rings. The van der Waals surface area contributed by atoms with Gasteiger partial charge in [0.25, 0.3) is 0 Å². The number of carbonyl (C=O) groups excluding carboxylic acids is 1. The second kappa shape index (κ2) is 8.09. The summed E-state index contributed by atoms with van der Waals surface area (Å²) in [7, 11) is 3.99. The van der Waals surface area contributed by atoms with E-state index in [0.717, 1.165) is 26.1 Å². The second-order valence-corrected chi connectivity index (χ2v) is 5.67. The molecule has 1 heterocycles.